The molecule has 1 amide bonds. The second-order valence-electron chi connectivity index (χ2n) is 1.75. The molecule has 1 heterocycles. The molecule has 0 saturated heterocycles. The lowest BCUT2D eigenvalue weighted by Gasteiger charge is -1.97. The quantitative estimate of drug-likeness (QED) is 0.543. The predicted molar refractivity (Wildman–Crippen MR) is 36.6 cm³/mol. The molecule has 1 aromatic rings. The molecule has 0 aliphatic heterocycles. The number of rotatable bonds is 2. The molecule has 0 aliphatic carbocycles. The molecule has 0 saturated carbocycles. The zero-order chi connectivity index (χ0) is 8.10. The van der Waals surface area contributed by atoms with Crippen LogP contribution < -0.4 is 5.32 Å². The van der Waals surface area contributed by atoms with Gasteiger partial charge in [0.1, 0.15) is 12.4 Å². The van der Waals surface area contributed by atoms with E-state index in [-0.39, 0.29) is 5.69 Å². The van der Waals surface area contributed by atoms with Crippen molar-refractivity contribution in [1.29, 1.82) is 0 Å². The van der Waals surface area contributed by atoms with E-state index in [4.69, 9.17) is 5.11 Å². The van der Waals surface area contributed by atoms with Crippen LogP contribution in [0.5, 0.6) is 0 Å². The monoisotopic (exact) mass is 153 g/mol. The van der Waals surface area contributed by atoms with Gasteiger partial charge in [-0.25, -0.2) is 4.98 Å². The summed E-state index contributed by atoms with van der Waals surface area (Å²) in [5.74, 6) is -0.430. The van der Waals surface area contributed by atoms with E-state index in [2.05, 4.69) is 15.3 Å². The van der Waals surface area contributed by atoms with E-state index in [1.807, 2.05) is 0 Å². The summed E-state index contributed by atoms with van der Waals surface area (Å²) in [5, 5.41) is 10.5. The summed E-state index contributed by atoms with van der Waals surface area (Å²) in [7, 11) is 0. The van der Waals surface area contributed by atoms with E-state index in [1.165, 1.54) is 18.6 Å². The molecule has 5 nitrogen and oxygen atoms in total. The van der Waals surface area contributed by atoms with Crippen LogP contribution in [0.25, 0.3) is 0 Å². The van der Waals surface area contributed by atoms with Gasteiger partial charge in [-0.05, 0) is 0 Å². The molecular weight excluding hydrogens is 146 g/mol. The van der Waals surface area contributed by atoms with Crippen LogP contribution in [-0.4, -0.2) is 27.7 Å². The van der Waals surface area contributed by atoms with Crippen LogP contribution in [0, 0.1) is 0 Å². The Morgan fingerprint density at radius 1 is 1.64 bits per heavy atom. The maximum Gasteiger partial charge on any atom is 0.273 e. The second kappa shape index (κ2) is 3.62. The van der Waals surface area contributed by atoms with E-state index in [1.54, 1.807) is 0 Å². The van der Waals surface area contributed by atoms with Crippen molar-refractivity contribution >= 4 is 5.91 Å². The molecule has 5 heteroatoms. The lowest BCUT2D eigenvalue weighted by Crippen LogP contribution is -2.24. The number of aromatic nitrogens is 2. The summed E-state index contributed by atoms with van der Waals surface area (Å²) in [6.45, 7) is -0.393. The smallest absolute Gasteiger partial charge is 0.273 e. The van der Waals surface area contributed by atoms with Crippen molar-refractivity contribution in [2.75, 3.05) is 6.73 Å². The van der Waals surface area contributed by atoms with Crippen LogP contribution in [0.1, 0.15) is 10.5 Å². The molecule has 0 bridgehead atoms. The first-order valence-corrected chi connectivity index (χ1v) is 2.99. The van der Waals surface area contributed by atoms with Gasteiger partial charge in [-0.15, -0.1) is 0 Å². The fraction of sp³-hybridized carbons (Fsp3) is 0.167. The van der Waals surface area contributed by atoms with E-state index in [0.29, 0.717) is 0 Å². The fourth-order valence-electron chi connectivity index (χ4n) is 0.579. The first-order chi connectivity index (χ1) is 5.34. The molecule has 0 radical (unpaired) electrons. The van der Waals surface area contributed by atoms with Crippen molar-refractivity contribution in [3.8, 4) is 0 Å². The van der Waals surface area contributed by atoms with Gasteiger partial charge in [-0.3, -0.25) is 9.78 Å². The van der Waals surface area contributed by atoms with Crippen molar-refractivity contribution in [1.82, 2.24) is 15.3 Å². The van der Waals surface area contributed by atoms with Gasteiger partial charge in [0, 0.05) is 12.4 Å². The Hall–Kier alpha value is -1.49. The van der Waals surface area contributed by atoms with Crippen molar-refractivity contribution in [2.24, 2.45) is 0 Å². The average Bonchev–Trinajstić information content (AvgIpc) is 2.07. The first-order valence-electron chi connectivity index (χ1n) is 2.99. The third-order valence-electron chi connectivity index (χ3n) is 1.04. The minimum Gasteiger partial charge on any atom is -0.376 e. The number of hydrogen-bond acceptors (Lipinski definition) is 4. The second-order valence-corrected chi connectivity index (χ2v) is 1.75. The average molecular weight is 153 g/mol. The molecule has 0 aliphatic rings. The number of nitrogens with one attached hydrogen (secondary N) is 1. The Bertz CT molecular complexity index is 237. The number of aliphatic hydroxyl groups excluding tert-OH is 1. The SMILES string of the molecule is O=C(NCO)c1cnccn1. The third-order valence-corrected chi connectivity index (χ3v) is 1.04. The van der Waals surface area contributed by atoms with Gasteiger partial charge in [-0.1, -0.05) is 0 Å². The van der Waals surface area contributed by atoms with E-state index in [9.17, 15) is 4.79 Å². The highest BCUT2D eigenvalue weighted by Gasteiger charge is 2.03. The van der Waals surface area contributed by atoms with Crippen molar-refractivity contribution in [3.63, 3.8) is 0 Å². The van der Waals surface area contributed by atoms with Crippen LogP contribution in [0.15, 0.2) is 18.6 Å². The molecule has 1 rings (SSSR count). The summed E-state index contributed by atoms with van der Waals surface area (Å²) in [6.07, 6.45) is 4.20. The zero-order valence-corrected chi connectivity index (χ0v) is 5.69. The van der Waals surface area contributed by atoms with Crippen LogP contribution in [0.3, 0.4) is 0 Å². The topological polar surface area (TPSA) is 75.1 Å². The minimum absolute atomic E-state index is 0.196. The fourth-order valence-corrected chi connectivity index (χ4v) is 0.579. The van der Waals surface area contributed by atoms with Gasteiger partial charge in [0.2, 0.25) is 0 Å². The van der Waals surface area contributed by atoms with Gasteiger partial charge >= 0.3 is 0 Å². The Kier molecular flexibility index (Phi) is 2.51. The van der Waals surface area contributed by atoms with E-state index in [0.717, 1.165) is 0 Å². The third kappa shape index (κ3) is 1.98. The van der Waals surface area contributed by atoms with Crippen molar-refractivity contribution in [2.45, 2.75) is 0 Å². The Morgan fingerprint density at radius 2 is 2.45 bits per heavy atom. The maximum atomic E-state index is 10.9. The van der Waals surface area contributed by atoms with E-state index < -0.39 is 12.6 Å². The maximum absolute atomic E-state index is 10.9. The lowest BCUT2D eigenvalue weighted by atomic mass is 10.4. The number of carbonyl (C=O) groups excluding carboxylic acids is 1. The van der Waals surface area contributed by atoms with Gasteiger partial charge in [0.15, 0.2) is 0 Å². The molecule has 0 aromatic carbocycles. The molecule has 1 aromatic heterocycles. The minimum atomic E-state index is -0.430. The number of carbonyl (C=O) groups is 1. The largest absolute Gasteiger partial charge is 0.376 e. The Balaban J connectivity index is 2.69. The molecule has 0 spiro atoms. The zero-order valence-electron chi connectivity index (χ0n) is 5.69. The number of hydrogen-bond donors (Lipinski definition) is 2. The van der Waals surface area contributed by atoms with Gasteiger partial charge in [-0.2, -0.15) is 0 Å². The molecule has 58 valence electrons. The van der Waals surface area contributed by atoms with Crippen LogP contribution in [0.2, 0.25) is 0 Å². The summed E-state index contributed by atoms with van der Waals surface area (Å²) in [4.78, 5) is 18.3. The van der Waals surface area contributed by atoms with E-state index >= 15 is 0 Å². The Morgan fingerprint density at radius 3 is 3.00 bits per heavy atom. The molecule has 0 atom stereocenters. The summed E-state index contributed by atoms with van der Waals surface area (Å²) in [5.41, 5.74) is 0.196. The van der Waals surface area contributed by atoms with Crippen LogP contribution in [0.4, 0.5) is 0 Å². The first kappa shape index (κ1) is 7.62. The Labute approximate surface area is 63.1 Å². The van der Waals surface area contributed by atoms with Crippen molar-refractivity contribution in [3.05, 3.63) is 24.3 Å². The van der Waals surface area contributed by atoms with Crippen LogP contribution in [-0.2, 0) is 0 Å². The molecular formula is C6H7N3O2. The molecule has 0 fully saturated rings. The number of nitrogens with zero attached hydrogens (tertiary/aromatic N) is 2. The molecule has 2 N–H and O–H groups in total. The molecule has 0 unspecified atom stereocenters. The summed E-state index contributed by atoms with van der Waals surface area (Å²) >= 11 is 0. The number of amides is 1. The van der Waals surface area contributed by atoms with Gasteiger partial charge in [0.05, 0.1) is 6.20 Å². The predicted octanol–water partition coefficient (Wildman–Crippen LogP) is -0.844. The summed E-state index contributed by atoms with van der Waals surface area (Å²) in [6, 6.07) is 0. The van der Waals surface area contributed by atoms with Crippen molar-refractivity contribution < 1.29 is 9.90 Å². The van der Waals surface area contributed by atoms with Gasteiger partial charge in [0.25, 0.3) is 5.91 Å². The highest BCUT2D eigenvalue weighted by Crippen LogP contribution is 1.87. The van der Waals surface area contributed by atoms with Crippen LogP contribution >= 0.6 is 0 Å². The highest BCUT2D eigenvalue weighted by atomic mass is 16.3. The summed E-state index contributed by atoms with van der Waals surface area (Å²) < 4.78 is 0. The normalized spacial score (nSPS) is 9.18. The van der Waals surface area contributed by atoms with Gasteiger partial charge < -0.3 is 10.4 Å². The lowest BCUT2D eigenvalue weighted by molar-refractivity contribution is 0.0904. The standard InChI is InChI=1S/C6H7N3O2/c10-4-9-6(11)5-3-7-1-2-8-5/h1-3,10H,4H2,(H,9,11). The molecule has 11 heavy (non-hydrogen) atoms. The highest BCUT2D eigenvalue weighted by molar-refractivity contribution is 5.91. The number of aliphatic hydroxyl groups is 1.